The SMILES string of the molecule is CC(=O)c1ccc(CCC(F)(F)F)cc1. The van der Waals surface area contributed by atoms with Crippen LogP contribution in [0.4, 0.5) is 13.2 Å². The van der Waals surface area contributed by atoms with Crippen molar-refractivity contribution >= 4 is 5.78 Å². The van der Waals surface area contributed by atoms with Gasteiger partial charge in [0.05, 0.1) is 0 Å². The second-order valence-corrected chi connectivity index (χ2v) is 3.37. The Morgan fingerprint density at radius 1 is 1.20 bits per heavy atom. The summed E-state index contributed by atoms with van der Waals surface area (Å²) in [5.41, 5.74) is 1.11. The lowest BCUT2D eigenvalue weighted by Crippen LogP contribution is -2.08. The summed E-state index contributed by atoms with van der Waals surface area (Å²) < 4.78 is 35.7. The standard InChI is InChI=1S/C11H11F3O/c1-8(15)10-4-2-9(3-5-10)6-7-11(12,13)14/h2-5H,6-7H2,1H3. The molecule has 0 bridgehead atoms. The van der Waals surface area contributed by atoms with E-state index in [0.717, 1.165) is 0 Å². The van der Waals surface area contributed by atoms with Gasteiger partial charge < -0.3 is 0 Å². The number of alkyl halides is 3. The molecule has 0 fully saturated rings. The smallest absolute Gasteiger partial charge is 0.295 e. The van der Waals surface area contributed by atoms with Crippen LogP contribution in [0.15, 0.2) is 24.3 Å². The van der Waals surface area contributed by atoms with Crippen LogP contribution in [0.2, 0.25) is 0 Å². The summed E-state index contributed by atoms with van der Waals surface area (Å²) >= 11 is 0. The molecule has 1 aromatic carbocycles. The average molecular weight is 216 g/mol. The molecule has 0 atom stereocenters. The number of aryl methyl sites for hydroxylation is 1. The van der Waals surface area contributed by atoms with Crippen LogP contribution >= 0.6 is 0 Å². The van der Waals surface area contributed by atoms with Gasteiger partial charge in [0.1, 0.15) is 0 Å². The van der Waals surface area contributed by atoms with E-state index in [4.69, 9.17) is 0 Å². The maximum atomic E-state index is 11.9. The van der Waals surface area contributed by atoms with Crippen LogP contribution in [0.25, 0.3) is 0 Å². The molecular weight excluding hydrogens is 205 g/mol. The van der Waals surface area contributed by atoms with E-state index in [1.54, 1.807) is 24.3 Å². The number of halogens is 3. The molecule has 1 nitrogen and oxygen atoms in total. The predicted molar refractivity (Wildman–Crippen MR) is 50.8 cm³/mol. The molecule has 0 radical (unpaired) electrons. The molecule has 4 heteroatoms. The molecule has 0 saturated heterocycles. The largest absolute Gasteiger partial charge is 0.389 e. The third-order valence-electron chi connectivity index (χ3n) is 2.06. The summed E-state index contributed by atoms with van der Waals surface area (Å²) in [6, 6.07) is 6.22. The minimum atomic E-state index is -4.13. The molecule has 0 saturated carbocycles. The molecule has 0 amide bonds. The third-order valence-corrected chi connectivity index (χ3v) is 2.06. The molecule has 0 spiro atoms. The normalized spacial score (nSPS) is 11.5. The quantitative estimate of drug-likeness (QED) is 0.708. The van der Waals surface area contributed by atoms with Gasteiger partial charge in [0, 0.05) is 12.0 Å². The fourth-order valence-electron chi connectivity index (χ4n) is 1.19. The number of Topliss-reactive ketones (excluding diaryl/α,β-unsaturated/α-hetero) is 1. The minimum Gasteiger partial charge on any atom is -0.295 e. The Labute approximate surface area is 85.9 Å². The summed E-state index contributed by atoms with van der Waals surface area (Å²) in [6.07, 6.45) is -4.99. The zero-order chi connectivity index (χ0) is 11.5. The van der Waals surface area contributed by atoms with Gasteiger partial charge in [0.2, 0.25) is 0 Å². The Morgan fingerprint density at radius 2 is 1.73 bits per heavy atom. The number of benzene rings is 1. The van der Waals surface area contributed by atoms with E-state index >= 15 is 0 Å². The topological polar surface area (TPSA) is 17.1 Å². The summed E-state index contributed by atoms with van der Waals surface area (Å²) in [6.45, 7) is 1.42. The van der Waals surface area contributed by atoms with Crippen molar-refractivity contribution in [2.24, 2.45) is 0 Å². The van der Waals surface area contributed by atoms with Crippen molar-refractivity contribution < 1.29 is 18.0 Å². The Balaban J connectivity index is 2.61. The second kappa shape index (κ2) is 4.47. The molecule has 0 aromatic heterocycles. The zero-order valence-corrected chi connectivity index (χ0v) is 8.27. The Bertz CT molecular complexity index is 338. The van der Waals surface area contributed by atoms with Crippen molar-refractivity contribution in [2.45, 2.75) is 25.9 Å². The lowest BCUT2D eigenvalue weighted by Gasteiger charge is -2.06. The fraction of sp³-hybridized carbons (Fsp3) is 0.364. The highest BCUT2D eigenvalue weighted by molar-refractivity contribution is 5.93. The van der Waals surface area contributed by atoms with E-state index in [-0.39, 0.29) is 12.2 Å². The van der Waals surface area contributed by atoms with E-state index < -0.39 is 12.6 Å². The molecule has 15 heavy (non-hydrogen) atoms. The highest BCUT2D eigenvalue weighted by atomic mass is 19.4. The average Bonchev–Trinajstić information content (AvgIpc) is 2.14. The van der Waals surface area contributed by atoms with Gasteiger partial charge in [-0.05, 0) is 18.9 Å². The van der Waals surface area contributed by atoms with E-state index in [1.807, 2.05) is 0 Å². The maximum Gasteiger partial charge on any atom is 0.389 e. The van der Waals surface area contributed by atoms with Crippen molar-refractivity contribution in [2.75, 3.05) is 0 Å². The van der Waals surface area contributed by atoms with Crippen LogP contribution in [0.3, 0.4) is 0 Å². The van der Waals surface area contributed by atoms with Crippen molar-refractivity contribution in [1.82, 2.24) is 0 Å². The van der Waals surface area contributed by atoms with Crippen LogP contribution in [0, 0.1) is 0 Å². The van der Waals surface area contributed by atoms with E-state index in [9.17, 15) is 18.0 Å². The molecule has 0 unspecified atom stereocenters. The van der Waals surface area contributed by atoms with Crippen LogP contribution in [0.1, 0.15) is 29.3 Å². The monoisotopic (exact) mass is 216 g/mol. The van der Waals surface area contributed by atoms with E-state index in [2.05, 4.69) is 0 Å². The first-order chi connectivity index (χ1) is 6.88. The number of carbonyl (C=O) groups is 1. The number of carbonyl (C=O) groups excluding carboxylic acids is 1. The molecule has 0 N–H and O–H groups in total. The van der Waals surface area contributed by atoms with Gasteiger partial charge >= 0.3 is 6.18 Å². The summed E-state index contributed by atoms with van der Waals surface area (Å²) in [5.74, 6) is -0.0858. The molecular formula is C11H11F3O. The molecule has 0 heterocycles. The summed E-state index contributed by atoms with van der Waals surface area (Å²) in [7, 11) is 0. The van der Waals surface area contributed by atoms with Gasteiger partial charge in [-0.3, -0.25) is 4.79 Å². The molecule has 0 aliphatic heterocycles. The molecule has 1 aromatic rings. The van der Waals surface area contributed by atoms with Gasteiger partial charge in [-0.25, -0.2) is 0 Å². The summed E-state index contributed by atoms with van der Waals surface area (Å²) in [4.78, 5) is 10.9. The van der Waals surface area contributed by atoms with Gasteiger partial charge in [-0.15, -0.1) is 0 Å². The first-order valence-electron chi connectivity index (χ1n) is 4.55. The van der Waals surface area contributed by atoms with Crippen LogP contribution < -0.4 is 0 Å². The maximum absolute atomic E-state index is 11.9. The number of ketones is 1. The minimum absolute atomic E-state index is 0.0400. The van der Waals surface area contributed by atoms with Gasteiger partial charge in [-0.1, -0.05) is 24.3 Å². The first-order valence-corrected chi connectivity index (χ1v) is 4.55. The Hall–Kier alpha value is -1.32. The van der Waals surface area contributed by atoms with Crippen LogP contribution in [0.5, 0.6) is 0 Å². The predicted octanol–water partition coefficient (Wildman–Crippen LogP) is 3.38. The lowest BCUT2D eigenvalue weighted by atomic mass is 10.1. The Kier molecular flexibility index (Phi) is 3.50. The van der Waals surface area contributed by atoms with Crippen molar-refractivity contribution in [3.63, 3.8) is 0 Å². The molecule has 82 valence electrons. The number of hydrogen-bond donors (Lipinski definition) is 0. The zero-order valence-electron chi connectivity index (χ0n) is 8.27. The second-order valence-electron chi connectivity index (χ2n) is 3.37. The van der Waals surface area contributed by atoms with Gasteiger partial charge in [0.25, 0.3) is 0 Å². The van der Waals surface area contributed by atoms with E-state index in [0.29, 0.717) is 11.1 Å². The molecule has 0 aliphatic rings. The van der Waals surface area contributed by atoms with Crippen LogP contribution in [-0.2, 0) is 6.42 Å². The van der Waals surface area contributed by atoms with Gasteiger partial charge in [0.15, 0.2) is 5.78 Å². The van der Waals surface area contributed by atoms with Gasteiger partial charge in [-0.2, -0.15) is 13.2 Å². The summed E-state index contributed by atoms with van der Waals surface area (Å²) in [5, 5.41) is 0. The molecule has 0 aliphatic carbocycles. The number of hydrogen-bond acceptors (Lipinski definition) is 1. The third kappa shape index (κ3) is 4.14. The van der Waals surface area contributed by atoms with E-state index in [1.165, 1.54) is 6.92 Å². The van der Waals surface area contributed by atoms with Crippen molar-refractivity contribution in [3.05, 3.63) is 35.4 Å². The molecule has 1 rings (SSSR count). The van der Waals surface area contributed by atoms with Crippen LogP contribution in [-0.4, -0.2) is 12.0 Å². The first kappa shape index (κ1) is 11.8. The van der Waals surface area contributed by atoms with Crippen molar-refractivity contribution in [1.29, 1.82) is 0 Å². The lowest BCUT2D eigenvalue weighted by molar-refractivity contribution is -0.133. The highest BCUT2D eigenvalue weighted by Crippen LogP contribution is 2.22. The van der Waals surface area contributed by atoms with Crippen molar-refractivity contribution in [3.8, 4) is 0 Å². The highest BCUT2D eigenvalue weighted by Gasteiger charge is 2.26. The Morgan fingerprint density at radius 3 is 2.13 bits per heavy atom. The fourth-order valence-corrected chi connectivity index (χ4v) is 1.19. The number of rotatable bonds is 3.